The molecule has 2 aromatic heterocycles. The first-order valence-electron chi connectivity index (χ1n) is 9.06. The van der Waals surface area contributed by atoms with E-state index in [1.807, 2.05) is 12.1 Å². The molecule has 0 aliphatic heterocycles. The number of anilines is 1. The second-order valence-electron chi connectivity index (χ2n) is 6.98. The highest BCUT2D eigenvalue weighted by Crippen LogP contribution is 2.36. The zero-order valence-corrected chi connectivity index (χ0v) is 14.7. The maximum atomic E-state index is 9.59. The molecule has 5 rings (SSSR count). The fourth-order valence-corrected chi connectivity index (χ4v) is 3.98. The fraction of sp³-hybridized carbons (Fsp3) is 0.190. The van der Waals surface area contributed by atoms with Crippen molar-refractivity contribution in [2.45, 2.75) is 25.2 Å². The van der Waals surface area contributed by atoms with Crippen LogP contribution in [0.2, 0.25) is 0 Å². The summed E-state index contributed by atoms with van der Waals surface area (Å²) in [5.41, 5.74) is 12.3. The first-order valence-corrected chi connectivity index (χ1v) is 9.06. The van der Waals surface area contributed by atoms with Crippen molar-refractivity contribution < 1.29 is 5.11 Å². The number of benzene rings is 2. The summed E-state index contributed by atoms with van der Waals surface area (Å²) < 4.78 is 1.79. The molecule has 6 heteroatoms. The minimum atomic E-state index is 0.212. The van der Waals surface area contributed by atoms with Gasteiger partial charge in [0.25, 0.3) is 0 Å². The third-order valence-corrected chi connectivity index (χ3v) is 5.34. The Balaban J connectivity index is 1.66. The number of phenols is 1. The normalized spacial score (nSPS) is 16.4. The highest BCUT2D eigenvalue weighted by Gasteiger charge is 2.27. The van der Waals surface area contributed by atoms with E-state index in [2.05, 4.69) is 34.2 Å². The SMILES string of the molecule is Nc1ncnc2c(C3CCc4ccccc4C3)nn(-c3ccc(O)cc3)c12. The first kappa shape index (κ1) is 15.8. The lowest BCUT2D eigenvalue weighted by molar-refractivity contribution is 0.475. The van der Waals surface area contributed by atoms with Gasteiger partial charge in [-0.2, -0.15) is 5.10 Å². The number of nitrogens with zero attached hydrogens (tertiary/aromatic N) is 4. The van der Waals surface area contributed by atoms with Crippen LogP contribution in [0.3, 0.4) is 0 Å². The van der Waals surface area contributed by atoms with Gasteiger partial charge in [0.05, 0.1) is 11.4 Å². The Morgan fingerprint density at radius 1 is 1.00 bits per heavy atom. The lowest BCUT2D eigenvalue weighted by Crippen LogP contribution is -2.13. The van der Waals surface area contributed by atoms with Crippen LogP contribution in [0.25, 0.3) is 16.7 Å². The summed E-state index contributed by atoms with van der Waals surface area (Å²) in [7, 11) is 0. The Morgan fingerprint density at radius 2 is 1.78 bits per heavy atom. The van der Waals surface area contributed by atoms with Crippen LogP contribution in [-0.2, 0) is 12.8 Å². The van der Waals surface area contributed by atoms with Gasteiger partial charge in [-0.25, -0.2) is 14.6 Å². The second kappa shape index (κ2) is 6.09. The maximum absolute atomic E-state index is 9.59. The van der Waals surface area contributed by atoms with Gasteiger partial charge in [0.2, 0.25) is 0 Å². The standard InChI is InChI=1S/C21H19N5O/c22-21-20-19(23-12-24-21)18(25-26(20)16-7-9-17(27)10-8-16)15-6-5-13-3-1-2-4-14(13)11-15/h1-4,7-10,12,15,27H,5-6,11H2,(H2,22,23,24). The van der Waals surface area contributed by atoms with E-state index < -0.39 is 0 Å². The van der Waals surface area contributed by atoms with E-state index >= 15 is 0 Å². The first-order chi connectivity index (χ1) is 13.2. The van der Waals surface area contributed by atoms with Crippen molar-refractivity contribution in [1.82, 2.24) is 19.7 Å². The van der Waals surface area contributed by atoms with E-state index in [0.717, 1.165) is 41.7 Å². The van der Waals surface area contributed by atoms with Gasteiger partial charge in [0, 0.05) is 5.92 Å². The molecule has 6 nitrogen and oxygen atoms in total. The van der Waals surface area contributed by atoms with Gasteiger partial charge in [-0.15, -0.1) is 0 Å². The average Bonchev–Trinajstić information content (AvgIpc) is 3.09. The van der Waals surface area contributed by atoms with Crippen LogP contribution in [0.15, 0.2) is 54.9 Å². The summed E-state index contributed by atoms with van der Waals surface area (Å²) >= 11 is 0. The molecule has 134 valence electrons. The van der Waals surface area contributed by atoms with Gasteiger partial charge in [-0.3, -0.25) is 0 Å². The number of phenolic OH excluding ortho intramolecular Hbond substituents is 1. The molecule has 0 saturated heterocycles. The van der Waals surface area contributed by atoms with Crippen molar-refractivity contribution in [3.8, 4) is 11.4 Å². The number of nitrogens with two attached hydrogens (primary N) is 1. The van der Waals surface area contributed by atoms with Crippen molar-refractivity contribution in [1.29, 1.82) is 0 Å². The zero-order valence-electron chi connectivity index (χ0n) is 14.7. The molecule has 27 heavy (non-hydrogen) atoms. The Morgan fingerprint density at radius 3 is 2.59 bits per heavy atom. The lowest BCUT2D eigenvalue weighted by Gasteiger charge is -2.23. The molecule has 0 saturated carbocycles. The molecule has 2 heterocycles. The maximum Gasteiger partial charge on any atom is 0.153 e. The summed E-state index contributed by atoms with van der Waals surface area (Å²) in [5.74, 6) is 0.904. The van der Waals surface area contributed by atoms with Crippen LogP contribution >= 0.6 is 0 Å². The van der Waals surface area contributed by atoms with E-state index in [4.69, 9.17) is 10.8 Å². The Labute approximate surface area is 156 Å². The second-order valence-corrected chi connectivity index (χ2v) is 6.98. The molecule has 0 amide bonds. The molecule has 1 unspecified atom stereocenters. The van der Waals surface area contributed by atoms with Crippen molar-refractivity contribution in [3.63, 3.8) is 0 Å². The molecule has 1 aliphatic carbocycles. The summed E-state index contributed by atoms with van der Waals surface area (Å²) in [6.45, 7) is 0. The van der Waals surface area contributed by atoms with Crippen molar-refractivity contribution >= 4 is 16.9 Å². The summed E-state index contributed by atoms with van der Waals surface area (Å²) in [5, 5.41) is 14.5. The minimum absolute atomic E-state index is 0.212. The minimum Gasteiger partial charge on any atom is -0.508 e. The van der Waals surface area contributed by atoms with Gasteiger partial charge in [0.1, 0.15) is 23.1 Å². The number of aromatic nitrogens is 4. The number of nitrogen functional groups attached to an aromatic ring is 1. The van der Waals surface area contributed by atoms with Crippen molar-refractivity contribution in [2.24, 2.45) is 0 Å². The zero-order chi connectivity index (χ0) is 18.4. The van der Waals surface area contributed by atoms with Crippen molar-refractivity contribution in [3.05, 3.63) is 71.7 Å². The monoisotopic (exact) mass is 357 g/mol. The average molecular weight is 357 g/mol. The van der Waals surface area contributed by atoms with Gasteiger partial charge < -0.3 is 10.8 Å². The van der Waals surface area contributed by atoms with Gasteiger partial charge in [-0.1, -0.05) is 24.3 Å². The Kier molecular flexibility index (Phi) is 3.57. The number of aryl methyl sites for hydroxylation is 1. The summed E-state index contributed by atoms with van der Waals surface area (Å²) in [4.78, 5) is 8.67. The number of hydrogen-bond donors (Lipinski definition) is 2. The quantitative estimate of drug-likeness (QED) is 0.574. The van der Waals surface area contributed by atoms with Crippen LogP contribution in [0.5, 0.6) is 5.75 Å². The van der Waals surface area contributed by atoms with Crippen molar-refractivity contribution in [2.75, 3.05) is 5.73 Å². The van der Waals surface area contributed by atoms with Crippen LogP contribution in [0.4, 0.5) is 5.82 Å². The molecule has 2 aromatic carbocycles. The lowest BCUT2D eigenvalue weighted by atomic mass is 9.82. The Bertz CT molecular complexity index is 1130. The van der Waals surface area contributed by atoms with Gasteiger partial charge >= 0.3 is 0 Å². The topological polar surface area (TPSA) is 89.9 Å². The molecule has 1 aliphatic rings. The van der Waals surface area contributed by atoms with E-state index in [-0.39, 0.29) is 11.7 Å². The predicted octanol–water partition coefficient (Wildman–Crippen LogP) is 3.38. The molecule has 0 bridgehead atoms. The number of fused-ring (bicyclic) bond motifs is 2. The number of hydrogen-bond acceptors (Lipinski definition) is 5. The smallest absolute Gasteiger partial charge is 0.153 e. The molecule has 0 radical (unpaired) electrons. The Hall–Kier alpha value is -3.41. The third-order valence-electron chi connectivity index (χ3n) is 5.34. The molecular weight excluding hydrogens is 338 g/mol. The molecule has 0 spiro atoms. The fourth-order valence-electron chi connectivity index (χ4n) is 3.98. The number of aromatic hydroxyl groups is 1. The van der Waals surface area contributed by atoms with E-state index in [1.165, 1.54) is 17.5 Å². The third kappa shape index (κ3) is 2.61. The molecule has 4 aromatic rings. The summed E-state index contributed by atoms with van der Waals surface area (Å²) in [6, 6.07) is 15.5. The van der Waals surface area contributed by atoms with Gasteiger partial charge in [0.15, 0.2) is 5.82 Å². The van der Waals surface area contributed by atoms with E-state index in [9.17, 15) is 5.11 Å². The van der Waals surface area contributed by atoms with Gasteiger partial charge in [-0.05, 0) is 54.7 Å². The van der Waals surface area contributed by atoms with Crippen LogP contribution in [0, 0.1) is 0 Å². The largest absolute Gasteiger partial charge is 0.508 e. The molecule has 1 atom stereocenters. The summed E-state index contributed by atoms with van der Waals surface area (Å²) in [6.07, 6.45) is 4.51. The highest BCUT2D eigenvalue weighted by atomic mass is 16.3. The van der Waals surface area contributed by atoms with Crippen LogP contribution in [-0.4, -0.2) is 24.9 Å². The van der Waals surface area contributed by atoms with Crippen LogP contribution in [0.1, 0.15) is 29.2 Å². The molecule has 3 N–H and O–H groups in total. The number of rotatable bonds is 2. The van der Waals surface area contributed by atoms with E-state index in [0.29, 0.717) is 5.82 Å². The van der Waals surface area contributed by atoms with Crippen LogP contribution < -0.4 is 5.73 Å². The molecular formula is C21H19N5O. The highest BCUT2D eigenvalue weighted by molar-refractivity contribution is 5.88. The predicted molar refractivity (Wildman–Crippen MR) is 104 cm³/mol. The van der Waals surface area contributed by atoms with E-state index in [1.54, 1.807) is 16.8 Å². The molecule has 0 fully saturated rings.